The summed E-state index contributed by atoms with van der Waals surface area (Å²) in [5, 5.41) is 2.92. The van der Waals surface area contributed by atoms with Crippen molar-refractivity contribution in [2.75, 3.05) is 59.4 Å². The van der Waals surface area contributed by atoms with Gasteiger partial charge in [-0.15, -0.1) is 11.3 Å². The molecule has 0 radical (unpaired) electrons. The number of benzene rings is 1. The van der Waals surface area contributed by atoms with Crippen LogP contribution in [0.3, 0.4) is 0 Å². The van der Waals surface area contributed by atoms with E-state index >= 15 is 0 Å². The van der Waals surface area contributed by atoms with Crippen LogP contribution in [0.25, 0.3) is 0 Å². The SMILES string of the molecule is COc1cc(NC(=O)CCN2CCN(Cc3ccc(Cl)s3)CC2)cc(OC)c1OC. The molecule has 0 atom stereocenters. The standard InChI is InChI=1S/C21H28ClN3O4S/c1-27-17-12-15(13-18(28-2)21(17)29-3)23-20(26)6-7-24-8-10-25(11-9-24)14-16-4-5-19(22)30-16/h4-5,12-13H,6-11,14H2,1-3H3,(H,23,26). The zero-order valence-corrected chi connectivity index (χ0v) is 19.1. The van der Waals surface area contributed by atoms with Gasteiger partial charge in [-0.05, 0) is 12.1 Å². The van der Waals surface area contributed by atoms with E-state index in [4.69, 9.17) is 25.8 Å². The summed E-state index contributed by atoms with van der Waals surface area (Å²) in [7, 11) is 4.65. The van der Waals surface area contributed by atoms with Crippen molar-refractivity contribution in [2.45, 2.75) is 13.0 Å². The van der Waals surface area contributed by atoms with Crippen LogP contribution in [0.1, 0.15) is 11.3 Å². The molecule has 3 rings (SSSR count). The number of piperazine rings is 1. The van der Waals surface area contributed by atoms with E-state index in [1.165, 1.54) is 4.88 Å². The molecule has 1 N–H and O–H groups in total. The van der Waals surface area contributed by atoms with Crippen molar-refractivity contribution >= 4 is 34.5 Å². The molecule has 164 valence electrons. The maximum absolute atomic E-state index is 12.4. The highest BCUT2D eigenvalue weighted by Crippen LogP contribution is 2.39. The lowest BCUT2D eigenvalue weighted by molar-refractivity contribution is -0.116. The molecular formula is C21H28ClN3O4S. The number of rotatable bonds is 9. The molecule has 0 spiro atoms. The molecule has 1 aliphatic rings. The topological polar surface area (TPSA) is 63.3 Å². The number of hydrogen-bond acceptors (Lipinski definition) is 7. The van der Waals surface area contributed by atoms with Gasteiger partial charge in [0.1, 0.15) is 0 Å². The van der Waals surface area contributed by atoms with Crippen LogP contribution >= 0.6 is 22.9 Å². The first-order valence-corrected chi connectivity index (χ1v) is 11.0. The van der Waals surface area contributed by atoms with E-state index in [9.17, 15) is 4.79 Å². The number of carbonyl (C=O) groups excluding carboxylic acids is 1. The van der Waals surface area contributed by atoms with E-state index in [1.807, 2.05) is 6.07 Å². The lowest BCUT2D eigenvalue weighted by atomic mass is 10.2. The Morgan fingerprint density at radius 3 is 2.20 bits per heavy atom. The van der Waals surface area contributed by atoms with Crippen molar-refractivity contribution in [1.82, 2.24) is 9.80 Å². The number of carbonyl (C=O) groups is 1. The molecule has 30 heavy (non-hydrogen) atoms. The minimum Gasteiger partial charge on any atom is -0.493 e. The summed E-state index contributed by atoms with van der Waals surface area (Å²) in [6, 6.07) is 7.50. The van der Waals surface area contributed by atoms with Crippen LogP contribution in [0.15, 0.2) is 24.3 Å². The van der Waals surface area contributed by atoms with Gasteiger partial charge in [0.15, 0.2) is 11.5 Å². The number of anilines is 1. The number of halogens is 1. The Kier molecular flexibility index (Phi) is 8.21. The smallest absolute Gasteiger partial charge is 0.225 e. The highest BCUT2D eigenvalue weighted by molar-refractivity contribution is 7.16. The fraction of sp³-hybridized carbons (Fsp3) is 0.476. The summed E-state index contributed by atoms with van der Waals surface area (Å²) in [5.41, 5.74) is 0.619. The van der Waals surface area contributed by atoms with Gasteiger partial charge in [-0.3, -0.25) is 9.69 Å². The van der Waals surface area contributed by atoms with Crippen LogP contribution in [0.4, 0.5) is 5.69 Å². The maximum Gasteiger partial charge on any atom is 0.225 e. The van der Waals surface area contributed by atoms with E-state index in [0.717, 1.165) is 43.6 Å². The van der Waals surface area contributed by atoms with E-state index in [-0.39, 0.29) is 5.91 Å². The summed E-state index contributed by atoms with van der Waals surface area (Å²) < 4.78 is 16.8. The Balaban J connectivity index is 1.45. The van der Waals surface area contributed by atoms with Crippen molar-refractivity contribution in [1.29, 1.82) is 0 Å². The maximum atomic E-state index is 12.4. The number of amides is 1. The average Bonchev–Trinajstić information content (AvgIpc) is 3.16. The second-order valence-corrected chi connectivity index (χ2v) is 8.84. The normalized spacial score (nSPS) is 15.1. The number of nitrogens with one attached hydrogen (secondary N) is 1. The molecule has 1 saturated heterocycles. The Hall–Kier alpha value is -2.00. The summed E-state index contributed by atoms with van der Waals surface area (Å²) >= 11 is 7.65. The fourth-order valence-electron chi connectivity index (χ4n) is 3.46. The third-order valence-electron chi connectivity index (χ3n) is 5.08. The summed E-state index contributed by atoms with van der Waals surface area (Å²) in [4.78, 5) is 18.5. The molecule has 2 aromatic rings. The summed E-state index contributed by atoms with van der Waals surface area (Å²) in [6.45, 7) is 5.56. The molecule has 9 heteroatoms. The molecule has 1 aromatic heterocycles. The summed E-state index contributed by atoms with van der Waals surface area (Å²) in [5.74, 6) is 1.48. The molecular weight excluding hydrogens is 426 g/mol. The van der Waals surface area contributed by atoms with Crippen LogP contribution in [-0.2, 0) is 11.3 Å². The van der Waals surface area contributed by atoms with Crippen LogP contribution < -0.4 is 19.5 Å². The van der Waals surface area contributed by atoms with Gasteiger partial charge in [0.2, 0.25) is 11.7 Å². The minimum absolute atomic E-state index is 0.0417. The average molecular weight is 454 g/mol. The molecule has 1 aromatic carbocycles. The molecule has 2 heterocycles. The number of ether oxygens (including phenoxy) is 3. The van der Waals surface area contributed by atoms with Crippen LogP contribution in [0.5, 0.6) is 17.2 Å². The summed E-state index contributed by atoms with van der Waals surface area (Å²) in [6.07, 6.45) is 0.428. The van der Waals surface area contributed by atoms with Crippen molar-refractivity contribution in [3.8, 4) is 17.2 Å². The first kappa shape index (κ1) is 22.7. The molecule has 1 amide bonds. The highest BCUT2D eigenvalue weighted by Gasteiger charge is 2.19. The Morgan fingerprint density at radius 1 is 1.03 bits per heavy atom. The van der Waals surface area contributed by atoms with E-state index < -0.39 is 0 Å². The molecule has 0 unspecified atom stereocenters. The minimum atomic E-state index is -0.0417. The van der Waals surface area contributed by atoms with E-state index in [1.54, 1.807) is 44.8 Å². The number of hydrogen-bond donors (Lipinski definition) is 1. The number of nitrogens with zero attached hydrogens (tertiary/aromatic N) is 2. The molecule has 7 nitrogen and oxygen atoms in total. The van der Waals surface area contributed by atoms with Crippen LogP contribution in [-0.4, -0.2) is 69.8 Å². The lowest BCUT2D eigenvalue weighted by Crippen LogP contribution is -2.46. The van der Waals surface area contributed by atoms with Crippen molar-refractivity contribution in [3.05, 3.63) is 33.5 Å². The predicted octanol–water partition coefficient (Wildman–Crippen LogP) is 3.57. The molecule has 0 saturated carbocycles. The first-order valence-electron chi connectivity index (χ1n) is 9.81. The fourth-order valence-corrected chi connectivity index (χ4v) is 4.59. The zero-order chi connectivity index (χ0) is 21.5. The van der Waals surface area contributed by atoms with Crippen LogP contribution in [0, 0.1) is 0 Å². The first-order chi connectivity index (χ1) is 14.5. The van der Waals surface area contributed by atoms with Gasteiger partial charge in [0.25, 0.3) is 0 Å². The predicted molar refractivity (Wildman–Crippen MR) is 120 cm³/mol. The second-order valence-electron chi connectivity index (χ2n) is 7.04. The van der Waals surface area contributed by atoms with Gasteiger partial charge < -0.3 is 24.4 Å². The zero-order valence-electron chi connectivity index (χ0n) is 17.6. The highest BCUT2D eigenvalue weighted by atomic mass is 35.5. The molecule has 0 aliphatic carbocycles. The van der Waals surface area contributed by atoms with Gasteiger partial charge in [-0.1, -0.05) is 11.6 Å². The van der Waals surface area contributed by atoms with Crippen molar-refractivity contribution in [3.63, 3.8) is 0 Å². The molecule has 0 bridgehead atoms. The Bertz CT molecular complexity index is 828. The van der Waals surface area contributed by atoms with Gasteiger partial charge in [-0.2, -0.15) is 0 Å². The van der Waals surface area contributed by atoms with Gasteiger partial charge in [0.05, 0.1) is 25.7 Å². The van der Waals surface area contributed by atoms with E-state index in [2.05, 4.69) is 21.2 Å². The van der Waals surface area contributed by atoms with Gasteiger partial charge in [0, 0.05) is 68.4 Å². The number of methoxy groups -OCH3 is 3. The van der Waals surface area contributed by atoms with Crippen LogP contribution in [0.2, 0.25) is 4.34 Å². The second kappa shape index (κ2) is 10.9. The molecule has 1 fully saturated rings. The Labute approximate surface area is 186 Å². The third-order valence-corrected chi connectivity index (χ3v) is 6.29. The monoisotopic (exact) mass is 453 g/mol. The Morgan fingerprint density at radius 2 is 1.67 bits per heavy atom. The van der Waals surface area contributed by atoms with Crippen molar-refractivity contribution < 1.29 is 19.0 Å². The van der Waals surface area contributed by atoms with E-state index in [0.29, 0.717) is 29.4 Å². The van der Waals surface area contributed by atoms with Gasteiger partial charge in [-0.25, -0.2) is 0 Å². The number of thiophene rings is 1. The van der Waals surface area contributed by atoms with Gasteiger partial charge >= 0.3 is 0 Å². The molecule has 1 aliphatic heterocycles. The quantitative estimate of drug-likeness (QED) is 0.626. The lowest BCUT2D eigenvalue weighted by Gasteiger charge is -2.34. The third kappa shape index (κ3) is 6.01. The largest absolute Gasteiger partial charge is 0.493 e. The van der Waals surface area contributed by atoms with Crippen molar-refractivity contribution in [2.24, 2.45) is 0 Å².